The number of anilines is 1. The normalized spacial score (nSPS) is 14.1. The molecule has 0 bridgehead atoms. The van der Waals surface area contributed by atoms with E-state index in [0.717, 1.165) is 34.2 Å². The average Bonchev–Trinajstić information content (AvgIpc) is 2.91. The van der Waals surface area contributed by atoms with Crippen molar-refractivity contribution in [3.8, 4) is 0 Å². The lowest BCUT2D eigenvalue weighted by Gasteiger charge is -2.29. The minimum atomic E-state index is -0.0283. The van der Waals surface area contributed by atoms with Crippen LogP contribution in [0.3, 0.4) is 0 Å². The smallest absolute Gasteiger partial charge is 0.269 e. The molecule has 0 fully saturated rings. The SMILES string of the molecule is O=C(c1sc2ccccc2c1Cl)N1CCCc2cc(Cl)ccc21. The van der Waals surface area contributed by atoms with E-state index < -0.39 is 0 Å². The van der Waals surface area contributed by atoms with Crippen LogP contribution in [0.4, 0.5) is 5.69 Å². The van der Waals surface area contributed by atoms with Gasteiger partial charge in [-0.25, -0.2) is 0 Å². The summed E-state index contributed by atoms with van der Waals surface area (Å²) in [6.07, 6.45) is 1.88. The zero-order valence-corrected chi connectivity index (χ0v) is 14.5. The van der Waals surface area contributed by atoms with Gasteiger partial charge >= 0.3 is 0 Å². The Balaban J connectivity index is 1.79. The van der Waals surface area contributed by atoms with Gasteiger partial charge in [0, 0.05) is 27.3 Å². The van der Waals surface area contributed by atoms with Crippen LogP contribution < -0.4 is 4.90 Å². The molecule has 1 aromatic heterocycles. The van der Waals surface area contributed by atoms with Crippen molar-refractivity contribution in [3.63, 3.8) is 0 Å². The summed E-state index contributed by atoms with van der Waals surface area (Å²) < 4.78 is 1.04. The summed E-state index contributed by atoms with van der Waals surface area (Å²) in [6, 6.07) is 13.5. The summed E-state index contributed by atoms with van der Waals surface area (Å²) in [5.41, 5.74) is 2.06. The highest BCUT2D eigenvalue weighted by molar-refractivity contribution is 7.21. The van der Waals surface area contributed by atoms with Gasteiger partial charge in [-0.3, -0.25) is 4.79 Å². The molecule has 0 spiro atoms. The third-order valence-corrected chi connectivity index (χ3v) is 6.03. The fourth-order valence-corrected chi connectivity index (χ4v) is 4.71. The van der Waals surface area contributed by atoms with Gasteiger partial charge < -0.3 is 4.90 Å². The Hall–Kier alpha value is -1.55. The minimum Gasteiger partial charge on any atom is -0.307 e. The topological polar surface area (TPSA) is 20.3 Å². The van der Waals surface area contributed by atoms with Crippen LogP contribution in [-0.2, 0) is 6.42 Å². The lowest BCUT2D eigenvalue weighted by molar-refractivity contribution is 0.0989. The van der Waals surface area contributed by atoms with Crippen LogP contribution in [0, 0.1) is 0 Å². The van der Waals surface area contributed by atoms with Gasteiger partial charge in [-0.2, -0.15) is 0 Å². The quantitative estimate of drug-likeness (QED) is 0.536. The molecule has 5 heteroatoms. The number of carbonyl (C=O) groups excluding carboxylic acids is 1. The zero-order valence-electron chi connectivity index (χ0n) is 12.2. The number of halogens is 2. The van der Waals surface area contributed by atoms with E-state index >= 15 is 0 Å². The monoisotopic (exact) mass is 361 g/mol. The number of amides is 1. The zero-order chi connectivity index (χ0) is 16.0. The standard InChI is InChI=1S/C18H13Cl2NOS/c19-12-7-8-14-11(10-12)4-3-9-21(14)18(22)17-16(20)13-5-1-2-6-15(13)23-17/h1-2,5-8,10H,3-4,9H2. The van der Waals surface area contributed by atoms with Crippen LogP contribution >= 0.6 is 34.5 Å². The summed E-state index contributed by atoms with van der Waals surface area (Å²) in [6.45, 7) is 0.706. The molecule has 1 aliphatic rings. The van der Waals surface area contributed by atoms with E-state index in [4.69, 9.17) is 23.2 Å². The van der Waals surface area contributed by atoms with Crippen LogP contribution in [0.1, 0.15) is 21.7 Å². The van der Waals surface area contributed by atoms with Gasteiger partial charge in [0.25, 0.3) is 5.91 Å². The molecule has 0 saturated carbocycles. The van der Waals surface area contributed by atoms with Crippen LogP contribution in [0.2, 0.25) is 10.0 Å². The molecule has 0 atom stereocenters. The highest BCUT2D eigenvalue weighted by Gasteiger charge is 2.27. The van der Waals surface area contributed by atoms with E-state index in [1.165, 1.54) is 11.3 Å². The van der Waals surface area contributed by atoms with Crippen molar-refractivity contribution in [2.75, 3.05) is 11.4 Å². The predicted molar refractivity (Wildman–Crippen MR) is 98.3 cm³/mol. The second kappa shape index (κ2) is 5.82. The maximum Gasteiger partial charge on any atom is 0.269 e. The molecule has 1 amide bonds. The molecule has 2 heterocycles. The highest BCUT2D eigenvalue weighted by Crippen LogP contribution is 2.38. The summed E-state index contributed by atoms with van der Waals surface area (Å²) in [4.78, 5) is 15.5. The molecule has 2 nitrogen and oxygen atoms in total. The summed E-state index contributed by atoms with van der Waals surface area (Å²) in [5, 5.41) is 2.20. The van der Waals surface area contributed by atoms with Gasteiger partial charge in [0.1, 0.15) is 4.88 Å². The summed E-state index contributed by atoms with van der Waals surface area (Å²) in [5.74, 6) is -0.0283. The molecule has 0 N–H and O–H groups in total. The van der Waals surface area contributed by atoms with Crippen molar-refractivity contribution in [1.29, 1.82) is 0 Å². The van der Waals surface area contributed by atoms with Crippen molar-refractivity contribution in [2.24, 2.45) is 0 Å². The number of rotatable bonds is 1. The Labute approximate surface area is 148 Å². The van der Waals surface area contributed by atoms with Crippen LogP contribution in [0.5, 0.6) is 0 Å². The van der Waals surface area contributed by atoms with Gasteiger partial charge in [-0.1, -0.05) is 41.4 Å². The number of nitrogens with zero attached hydrogens (tertiary/aromatic N) is 1. The first-order valence-electron chi connectivity index (χ1n) is 7.42. The number of carbonyl (C=O) groups is 1. The molecule has 4 rings (SSSR count). The second-order valence-corrected chi connectivity index (χ2v) is 7.44. The van der Waals surface area contributed by atoms with Crippen molar-refractivity contribution >= 4 is 56.2 Å². The van der Waals surface area contributed by atoms with Gasteiger partial charge in [-0.05, 0) is 42.7 Å². The lowest BCUT2D eigenvalue weighted by atomic mass is 10.0. The number of hydrogen-bond donors (Lipinski definition) is 0. The third-order valence-electron chi connectivity index (χ3n) is 4.13. The van der Waals surface area contributed by atoms with Crippen molar-refractivity contribution in [1.82, 2.24) is 0 Å². The molecule has 0 radical (unpaired) electrons. The Bertz CT molecular complexity index is 919. The lowest BCUT2D eigenvalue weighted by Crippen LogP contribution is -2.35. The largest absolute Gasteiger partial charge is 0.307 e. The Morgan fingerprint density at radius 2 is 1.96 bits per heavy atom. The molecule has 3 aromatic rings. The van der Waals surface area contributed by atoms with Gasteiger partial charge in [0.05, 0.1) is 5.02 Å². The number of thiophene rings is 1. The van der Waals surface area contributed by atoms with Crippen LogP contribution in [0.15, 0.2) is 42.5 Å². The summed E-state index contributed by atoms with van der Waals surface area (Å²) >= 11 is 14.0. The van der Waals surface area contributed by atoms with Crippen LogP contribution in [-0.4, -0.2) is 12.5 Å². The molecule has 0 saturated heterocycles. The number of hydrogen-bond acceptors (Lipinski definition) is 2. The highest BCUT2D eigenvalue weighted by atomic mass is 35.5. The van der Waals surface area contributed by atoms with Gasteiger partial charge in [0.2, 0.25) is 0 Å². The molecular formula is C18H13Cl2NOS. The molecule has 116 valence electrons. The molecule has 0 unspecified atom stereocenters. The summed E-state index contributed by atoms with van der Waals surface area (Å²) in [7, 11) is 0. The van der Waals surface area contributed by atoms with E-state index in [2.05, 4.69) is 0 Å². The Morgan fingerprint density at radius 3 is 2.78 bits per heavy atom. The first kappa shape index (κ1) is 15.0. The number of aryl methyl sites for hydroxylation is 1. The predicted octanol–water partition coefficient (Wildman–Crippen LogP) is 5.80. The third kappa shape index (κ3) is 2.53. The second-order valence-electron chi connectivity index (χ2n) is 5.57. The van der Waals surface area contributed by atoms with Crippen molar-refractivity contribution < 1.29 is 4.79 Å². The Morgan fingerprint density at radius 1 is 1.13 bits per heavy atom. The van der Waals surface area contributed by atoms with E-state index in [-0.39, 0.29) is 5.91 Å². The first-order valence-corrected chi connectivity index (χ1v) is 9.00. The molecule has 1 aliphatic heterocycles. The fraction of sp³-hybridized carbons (Fsp3) is 0.167. The molecule has 2 aromatic carbocycles. The number of benzene rings is 2. The van der Waals surface area contributed by atoms with Crippen LogP contribution in [0.25, 0.3) is 10.1 Å². The van der Waals surface area contributed by atoms with Crippen molar-refractivity contribution in [2.45, 2.75) is 12.8 Å². The maximum atomic E-state index is 13.1. The van der Waals surface area contributed by atoms with E-state index in [1.54, 1.807) is 0 Å². The van der Waals surface area contributed by atoms with Gasteiger partial charge in [-0.15, -0.1) is 11.3 Å². The average molecular weight is 362 g/mol. The minimum absolute atomic E-state index is 0.0283. The maximum absolute atomic E-state index is 13.1. The first-order chi connectivity index (χ1) is 11.1. The van der Waals surface area contributed by atoms with E-state index in [9.17, 15) is 4.79 Å². The fourth-order valence-electron chi connectivity index (χ4n) is 3.05. The van der Waals surface area contributed by atoms with Gasteiger partial charge in [0.15, 0.2) is 0 Å². The van der Waals surface area contributed by atoms with Crippen molar-refractivity contribution in [3.05, 3.63) is 63.0 Å². The Kier molecular flexibility index (Phi) is 3.80. The van der Waals surface area contributed by atoms with E-state index in [0.29, 0.717) is 21.5 Å². The van der Waals surface area contributed by atoms with E-state index in [1.807, 2.05) is 47.4 Å². The molecule has 0 aliphatic carbocycles. The number of fused-ring (bicyclic) bond motifs is 2. The molecule has 23 heavy (non-hydrogen) atoms. The molecular weight excluding hydrogens is 349 g/mol.